The van der Waals surface area contributed by atoms with Gasteiger partial charge in [0.2, 0.25) is 0 Å². The van der Waals surface area contributed by atoms with Crippen molar-refractivity contribution >= 4 is 29.7 Å². The summed E-state index contributed by atoms with van der Waals surface area (Å²) in [5, 5.41) is 17.5. The predicted octanol–water partition coefficient (Wildman–Crippen LogP) is 3.93. The van der Waals surface area contributed by atoms with Gasteiger partial charge in [-0.05, 0) is 44.5 Å². The van der Waals surface area contributed by atoms with Crippen LogP contribution in [0.15, 0.2) is 53.9 Å². The number of anilines is 1. The van der Waals surface area contributed by atoms with Crippen molar-refractivity contribution in [1.29, 1.82) is 0 Å². The zero-order valence-electron chi connectivity index (χ0n) is 20.6. The lowest BCUT2D eigenvalue weighted by molar-refractivity contribution is -0.0877. The first-order valence-electron chi connectivity index (χ1n) is 10.3. The largest absolute Gasteiger partial charge is 0.418 e. The number of aromatic nitrogens is 3. The van der Waals surface area contributed by atoms with Crippen molar-refractivity contribution in [2.75, 3.05) is 19.0 Å². The number of pyridine rings is 1. The molecule has 0 unspecified atom stereocenters. The van der Waals surface area contributed by atoms with Gasteiger partial charge in [0.25, 0.3) is 0 Å². The normalized spacial score (nSPS) is 10.9. The number of nitrogens with zero attached hydrogens (tertiary/aromatic N) is 4. The maximum atomic E-state index is 13.1. The molecule has 9 nitrogen and oxygen atoms in total. The predicted molar refractivity (Wildman–Crippen MR) is 136 cm³/mol. The minimum Gasteiger partial charge on any atom is -0.405 e. The summed E-state index contributed by atoms with van der Waals surface area (Å²) in [5.41, 5.74) is 10.2. The highest BCUT2D eigenvalue weighted by Gasteiger charge is 2.35. The Labute approximate surface area is 203 Å². The number of hydrogen-bond acceptors (Lipinski definition) is 9. The number of aryl methyl sites for hydroxylation is 1. The highest BCUT2D eigenvalue weighted by Crippen LogP contribution is 2.31. The molecule has 0 spiro atoms. The van der Waals surface area contributed by atoms with Gasteiger partial charge in [-0.15, -0.1) is 0 Å². The number of alkyl halides is 3. The third kappa shape index (κ3) is 11.3. The molecule has 0 atom stereocenters. The maximum Gasteiger partial charge on any atom is 0.418 e. The Balaban J connectivity index is 0. The molecule has 0 saturated carbocycles. The summed E-state index contributed by atoms with van der Waals surface area (Å²) in [6.07, 6.45) is -0.582. The molecular formula is C23H34F3N7O2. The van der Waals surface area contributed by atoms with E-state index in [1.165, 1.54) is 0 Å². The highest BCUT2D eigenvalue weighted by atomic mass is 19.4. The molecule has 0 aliphatic rings. The summed E-state index contributed by atoms with van der Waals surface area (Å²) >= 11 is 0. The van der Waals surface area contributed by atoms with Gasteiger partial charge in [-0.2, -0.15) is 13.2 Å². The monoisotopic (exact) mass is 497 g/mol. The maximum absolute atomic E-state index is 13.1. The second-order valence-corrected chi connectivity index (χ2v) is 5.91. The lowest BCUT2D eigenvalue weighted by Crippen LogP contribution is -2.17. The van der Waals surface area contributed by atoms with E-state index in [-0.39, 0.29) is 23.8 Å². The molecule has 12 heteroatoms. The van der Waals surface area contributed by atoms with E-state index in [0.717, 1.165) is 25.1 Å². The summed E-state index contributed by atoms with van der Waals surface area (Å²) in [7, 11) is 1.00. The molecule has 2 rings (SSSR count). The standard InChI is InChI=1S/C18H18F3N7.C2H6O.C2H6.CH4O/c1-10-4-5-14(25-8-10)27-11(2)16-17(24-3)28-13(9-26-16)15(23)12(6-7-22)18(19,20)21;1-2-3;2*1-2/h4-9H,2-3,22-23H2,1H3,(H,25,27);3H,2H2,1H3;1-2H3;2H,1H3/b7-6-,15-12+;;;. The Morgan fingerprint density at radius 2 is 1.77 bits per heavy atom. The molecular weight excluding hydrogens is 463 g/mol. The Bertz CT molecular complexity index is 974. The van der Waals surface area contributed by atoms with Crippen LogP contribution in [0.1, 0.15) is 37.7 Å². The summed E-state index contributed by atoms with van der Waals surface area (Å²) in [4.78, 5) is 16.0. The number of hydrogen-bond donors (Lipinski definition) is 5. The molecule has 35 heavy (non-hydrogen) atoms. The number of aliphatic imine (C=N–C) groups is 1. The molecule has 194 valence electrons. The first-order valence-corrected chi connectivity index (χ1v) is 10.3. The highest BCUT2D eigenvalue weighted by molar-refractivity contribution is 5.78. The first-order chi connectivity index (χ1) is 16.6. The zero-order valence-corrected chi connectivity index (χ0v) is 20.6. The van der Waals surface area contributed by atoms with Crippen LogP contribution in [-0.2, 0) is 0 Å². The molecule has 0 aromatic carbocycles. The van der Waals surface area contributed by atoms with E-state index >= 15 is 0 Å². The molecule has 2 aromatic rings. The molecule has 0 aliphatic heterocycles. The second kappa shape index (κ2) is 17.7. The molecule has 2 aromatic heterocycles. The van der Waals surface area contributed by atoms with Gasteiger partial charge >= 0.3 is 6.18 Å². The number of halogens is 3. The van der Waals surface area contributed by atoms with E-state index in [0.29, 0.717) is 17.6 Å². The summed E-state index contributed by atoms with van der Waals surface area (Å²) in [6, 6.07) is 3.58. The van der Waals surface area contributed by atoms with Crippen LogP contribution in [-0.4, -0.2) is 51.8 Å². The van der Waals surface area contributed by atoms with Gasteiger partial charge in [0, 0.05) is 19.9 Å². The van der Waals surface area contributed by atoms with E-state index in [2.05, 4.69) is 38.6 Å². The molecule has 0 aliphatic carbocycles. The van der Waals surface area contributed by atoms with Gasteiger partial charge in [0.15, 0.2) is 5.82 Å². The van der Waals surface area contributed by atoms with Crippen molar-refractivity contribution in [3.05, 3.63) is 65.9 Å². The van der Waals surface area contributed by atoms with Crippen LogP contribution in [0, 0.1) is 6.92 Å². The molecule has 0 amide bonds. The van der Waals surface area contributed by atoms with Crippen molar-refractivity contribution in [3.63, 3.8) is 0 Å². The van der Waals surface area contributed by atoms with Gasteiger partial charge in [-0.3, -0.25) is 0 Å². The van der Waals surface area contributed by atoms with Crippen molar-refractivity contribution in [2.45, 2.75) is 33.9 Å². The second-order valence-electron chi connectivity index (χ2n) is 5.91. The lowest BCUT2D eigenvalue weighted by atomic mass is 10.1. The molecule has 7 N–H and O–H groups in total. The first kappa shape index (κ1) is 33.4. The van der Waals surface area contributed by atoms with Crippen molar-refractivity contribution < 1.29 is 23.4 Å². The SMILES string of the molecule is C=Nc1nc(/C(N)=C(/C=C\N)C(F)(F)F)cnc1C(=C)Nc1ccc(C)cn1.CC.CCO.CO. The Morgan fingerprint density at radius 1 is 1.20 bits per heavy atom. The fraction of sp³-hybridized carbons (Fsp3) is 0.304. The van der Waals surface area contributed by atoms with Crippen LogP contribution in [0.5, 0.6) is 0 Å². The topological polar surface area (TPSA) is 156 Å². The van der Waals surface area contributed by atoms with Crippen LogP contribution in [0.4, 0.5) is 24.8 Å². The minimum absolute atomic E-state index is 0.0386. The van der Waals surface area contributed by atoms with E-state index in [4.69, 9.17) is 21.7 Å². The Kier molecular flexibility index (Phi) is 16.9. The van der Waals surface area contributed by atoms with E-state index in [9.17, 15) is 13.2 Å². The van der Waals surface area contributed by atoms with Crippen LogP contribution >= 0.6 is 0 Å². The van der Waals surface area contributed by atoms with Crippen LogP contribution in [0.25, 0.3) is 11.4 Å². The quantitative estimate of drug-likeness (QED) is 0.297. The molecule has 0 saturated heterocycles. The van der Waals surface area contributed by atoms with E-state index in [1.807, 2.05) is 26.8 Å². The molecule has 0 bridgehead atoms. The molecule has 2 heterocycles. The molecule has 0 fully saturated rings. The average molecular weight is 498 g/mol. The summed E-state index contributed by atoms with van der Waals surface area (Å²) in [6.45, 7) is 15.0. The minimum atomic E-state index is -4.72. The van der Waals surface area contributed by atoms with Crippen LogP contribution in [0.2, 0.25) is 0 Å². The van der Waals surface area contributed by atoms with Crippen LogP contribution < -0.4 is 16.8 Å². The van der Waals surface area contributed by atoms with Crippen molar-refractivity contribution in [3.8, 4) is 0 Å². The third-order valence-electron chi connectivity index (χ3n) is 3.51. The van der Waals surface area contributed by atoms with Crippen LogP contribution in [0.3, 0.4) is 0 Å². The smallest absolute Gasteiger partial charge is 0.405 e. The number of rotatable bonds is 6. The fourth-order valence-corrected chi connectivity index (χ4v) is 2.16. The van der Waals surface area contributed by atoms with Gasteiger partial charge < -0.3 is 27.0 Å². The molecule has 0 radical (unpaired) electrons. The van der Waals surface area contributed by atoms with Gasteiger partial charge in [-0.1, -0.05) is 26.5 Å². The summed E-state index contributed by atoms with van der Waals surface area (Å²) in [5.74, 6) is 0.464. The fourth-order valence-electron chi connectivity index (χ4n) is 2.16. The van der Waals surface area contributed by atoms with Crippen molar-refractivity contribution in [2.24, 2.45) is 16.5 Å². The Morgan fingerprint density at radius 3 is 2.20 bits per heavy atom. The van der Waals surface area contributed by atoms with Gasteiger partial charge in [-0.25, -0.2) is 19.9 Å². The average Bonchev–Trinajstić information content (AvgIpc) is 2.85. The lowest BCUT2D eigenvalue weighted by Gasteiger charge is -2.14. The summed E-state index contributed by atoms with van der Waals surface area (Å²) < 4.78 is 39.4. The van der Waals surface area contributed by atoms with E-state index < -0.39 is 17.4 Å². The van der Waals surface area contributed by atoms with E-state index in [1.54, 1.807) is 19.2 Å². The van der Waals surface area contributed by atoms with Gasteiger partial charge in [0.05, 0.1) is 23.2 Å². The number of aliphatic hydroxyl groups excluding tert-OH is 2. The van der Waals surface area contributed by atoms with Crippen molar-refractivity contribution in [1.82, 2.24) is 15.0 Å². The Hall–Kier alpha value is -3.77. The third-order valence-corrected chi connectivity index (χ3v) is 3.51. The number of nitrogens with two attached hydrogens (primary N) is 2. The number of aliphatic hydroxyl groups is 2. The zero-order chi connectivity index (χ0) is 27.6. The number of nitrogens with one attached hydrogen (secondary N) is 1. The van der Waals surface area contributed by atoms with Gasteiger partial charge in [0.1, 0.15) is 17.2 Å². The number of allylic oxidation sites excluding steroid dienone is 2.